The first kappa shape index (κ1) is 18.7. The first-order chi connectivity index (χ1) is 10.6. The van der Waals surface area contributed by atoms with Crippen molar-refractivity contribution in [1.82, 2.24) is 15.1 Å². The zero-order chi connectivity index (χ0) is 16.4. The van der Waals surface area contributed by atoms with Gasteiger partial charge in [-0.05, 0) is 25.7 Å². The first-order valence-electron chi connectivity index (χ1n) is 8.38. The average molecular weight is 313 g/mol. The monoisotopic (exact) mass is 313 g/mol. The van der Waals surface area contributed by atoms with Crippen LogP contribution >= 0.6 is 0 Å². The number of hydrogen-bond donors (Lipinski definition) is 1. The number of rotatable bonds is 8. The van der Waals surface area contributed by atoms with E-state index in [9.17, 15) is 9.59 Å². The maximum Gasteiger partial charge on any atom is 0.317 e. The number of ether oxygens (including phenoxy) is 1. The van der Waals surface area contributed by atoms with E-state index in [4.69, 9.17) is 4.74 Å². The molecular formula is C16H31N3O3. The summed E-state index contributed by atoms with van der Waals surface area (Å²) in [4.78, 5) is 27.3. The Labute approximate surface area is 134 Å². The number of hydrogen-bond acceptors (Lipinski definition) is 3. The van der Waals surface area contributed by atoms with Crippen molar-refractivity contribution in [2.75, 3.05) is 46.9 Å². The molecule has 1 aliphatic heterocycles. The minimum Gasteiger partial charge on any atom is -0.381 e. The fourth-order valence-corrected chi connectivity index (χ4v) is 2.52. The molecule has 0 aliphatic carbocycles. The first-order valence-corrected chi connectivity index (χ1v) is 8.38. The highest BCUT2D eigenvalue weighted by atomic mass is 16.5. The van der Waals surface area contributed by atoms with E-state index in [1.165, 1.54) is 0 Å². The van der Waals surface area contributed by atoms with Gasteiger partial charge in [-0.15, -0.1) is 0 Å². The van der Waals surface area contributed by atoms with E-state index in [-0.39, 0.29) is 17.9 Å². The van der Waals surface area contributed by atoms with Gasteiger partial charge in [0.1, 0.15) is 0 Å². The Balaban J connectivity index is 2.11. The van der Waals surface area contributed by atoms with Gasteiger partial charge < -0.3 is 19.9 Å². The summed E-state index contributed by atoms with van der Waals surface area (Å²) in [5.74, 6) is 0.232. The molecule has 0 radical (unpaired) electrons. The van der Waals surface area contributed by atoms with Gasteiger partial charge in [-0.3, -0.25) is 4.79 Å². The number of amides is 3. The second kappa shape index (κ2) is 10.4. The van der Waals surface area contributed by atoms with Gasteiger partial charge in [-0.1, -0.05) is 13.3 Å². The van der Waals surface area contributed by atoms with Crippen molar-refractivity contribution in [2.24, 2.45) is 5.92 Å². The zero-order valence-corrected chi connectivity index (χ0v) is 14.3. The van der Waals surface area contributed by atoms with Crippen molar-refractivity contribution in [3.05, 3.63) is 0 Å². The van der Waals surface area contributed by atoms with E-state index < -0.39 is 0 Å². The summed E-state index contributed by atoms with van der Waals surface area (Å²) in [6.45, 7) is 5.59. The van der Waals surface area contributed by atoms with E-state index in [0.717, 1.165) is 38.7 Å². The molecule has 1 heterocycles. The van der Waals surface area contributed by atoms with Crippen LogP contribution in [0.15, 0.2) is 0 Å². The normalized spacial score (nSPS) is 15.7. The molecule has 0 bridgehead atoms. The van der Waals surface area contributed by atoms with E-state index in [1.807, 2.05) is 0 Å². The molecule has 22 heavy (non-hydrogen) atoms. The standard InChI is InChI=1S/C16H31N3O3/c1-4-5-12-22-13-6-9-17-16(21)19-10-7-14(8-11-19)15(20)18(2)3/h14H,4-13H2,1-3H3,(H,17,21). The summed E-state index contributed by atoms with van der Waals surface area (Å²) in [6.07, 6.45) is 4.58. The number of carbonyl (C=O) groups is 2. The fourth-order valence-electron chi connectivity index (χ4n) is 2.52. The summed E-state index contributed by atoms with van der Waals surface area (Å²) in [5.41, 5.74) is 0. The van der Waals surface area contributed by atoms with Crippen LogP contribution in [0.3, 0.4) is 0 Å². The molecule has 0 spiro atoms. The van der Waals surface area contributed by atoms with Gasteiger partial charge in [0.2, 0.25) is 5.91 Å². The predicted octanol–water partition coefficient (Wildman–Crippen LogP) is 1.70. The molecule has 0 aromatic rings. The molecule has 0 saturated carbocycles. The molecule has 1 N–H and O–H groups in total. The van der Waals surface area contributed by atoms with E-state index in [2.05, 4.69) is 12.2 Å². The Kier molecular flexibility index (Phi) is 8.89. The molecule has 1 aliphatic rings. The van der Waals surface area contributed by atoms with Gasteiger partial charge in [0.15, 0.2) is 0 Å². The number of urea groups is 1. The Bertz CT molecular complexity index is 340. The second-order valence-electron chi connectivity index (χ2n) is 6.05. The second-order valence-corrected chi connectivity index (χ2v) is 6.05. The maximum atomic E-state index is 12.0. The third-order valence-electron chi connectivity index (χ3n) is 3.96. The molecule has 0 unspecified atom stereocenters. The van der Waals surface area contributed by atoms with Crippen LogP contribution in [0.25, 0.3) is 0 Å². The molecule has 6 heteroatoms. The molecule has 0 aromatic heterocycles. The van der Waals surface area contributed by atoms with Crippen molar-refractivity contribution < 1.29 is 14.3 Å². The van der Waals surface area contributed by atoms with E-state index in [1.54, 1.807) is 23.9 Å². The van der Waals surface area contributed by atoms with Gasteiger partial charge in [-0.25, -0.2) is 4.79 Å². The number of piperidine rings is 1. The van der Waals surface area contributed by atoms with Crippen LogP contribution < -0.4 is 5.32 Å². The summed E-state index contributed by atoms with van der Waals surface area (Å²) >= 11 is 0. The molecule has 0 atom stereocenters. The van der Waals surface area contributed by atoms with E-state index in [0.29, 0.717) is 26.2 Å². The van der Waals surface area contributed by atoms with Crippen molar-refractivity contribution in [3.8, 4) is 0 Å². The molecule has 3 amide bonds. The molecular weight excluding hydrogens is 282 g/mol. The lowest BCUT2D eigenvalue weighted by molar-refractivity contribution is -0.134. The Morgan fingerprint density at radius 3 is 2.41 bits per heavy atom. The third kappa shape index (κ3) is 6.64. The highest BCUT2D eigenvalue weighted by molar-refractivity contribution is 5.79. The topological polar surface area (TPSA) is 61.9 Å². The summed E-state index contributed by atoms with van der Waals surface area (Å²) in [6, 6.07) is -0.0238. The molecule has 1 fully saturated rings. The van der Waals surface area contributed by atoms with Crippen LogP contribution in [-0.4, -0.2) is 68.7 Å². The van der Waals surface area contributed by atoms with Crippen LogP contribution in [0.4, 0.5) is 4.79 Å². The zero-order valence-electron chi connectivity index (χ0n) is 14.3. The van der Waals surface area contributed by atoms with Gasteiger partial charge in [0.25, 0.3) is 0 Å². The highest BCUT2D eigenvalue weighted by Crippen LogP contribution is 2.18. The van der Waals surface area contributed by atoms with Crippen LogP contribution in [0.5, 0.6) is 0 Å². The van der Waals surface area contributed by atoms with Crippen molar-refractivity contribution >= 4 is 11.9 Å². The lowest BCUT2D eigenvalue weighted by Crippen LogP contribution is -2.47. The van der Waals surface area contributed by atoms with Crippen molar-refractivity contribution in [2.45, 2.75) is 39.0 Å². The van der Waals surface area contributed by atoms with Gasteiger partial charge in [-0.2, -0.15) is 0 Å². The molecule has 0 aromatic carbocycles. The van der Waals surface area contributed by atoms with Crippen molar-refractivity contribution in [3.63, 3.8) is 0 Å². The summed E-state index contributed by atoms with van der Waals surface area (Å²) in [7, 11) is 3.56. The Morgan fingerprint density at radius 1 is 1.18 bits per heavy atom. The minimum atomic E-state index is -0.0238. The average Bonchev–Trinajstić information content (AvgIpc) is 2.53. The lowest BCUT2D eigenvalue weighted by atomic mass is 9.96. The molecule has 1 saturated heterocycles. The molecule has 1 rings (SSSR count). The third-order valence-corrected chi connectivity index (χ3v) is 3.96. The number of likely N-dealkylation sites (tertiary alicyclic amines) is 1. The Hall–Kier alpha value is -1.30. The largest absolute Gasteiger partial charge is 0.381 e. The molecule has 128 valence electrons. The van der Waals surface area contributed by atoms with Crippen molar-refractivity contribution in [1.29, 1.82) is 0 Å². The Morgan fingerprint density at radius 2 is 1.82 bits per heavy atom. The number of nitrogens with one attached hydrogen (secondary N) is 1. The predicted molar refractivity (Wildman–Crippen MR) is 86.7 cm³/mol. The van der Waals surface area contributed by atoms with Crippen LogP contribution in [0.1, 0.15) is 39.0 Å². The summed E-state index contributed by atoms with van der Waals surface area (Å²) < 4.78 is 5.46. The number of unbranched alkanes of at least 4 members (excludes halogenated alkanes) is 1. The smallest absolute Gasteiger partial charge is 0.317 e. The SMILES string of the molecule is CCCCOCCCNC(=O)N1CCC(C(=O)N(C)C)CC1. The number of nitrogens with zero attached hydrogens (tertiary/aromatic N) is 2. The van der Waals surface area contributed by atoms with Gasteiger partial charge in [0, 0.05) is 52.9 Å². The number of carbonyl (C=O) groups excluding carboxylic acids is 2. The molecule has 6 nitrogen and oxygen atoms in total. The van der Waals surface area contributed by atoms with Crippen LogP contribution in [0.2, 0.25) is 0 Å². The quantitative estimate of drug-likeness (QED) is 0.694. The van der Waals surface area contributed by atoms with Gasteiger partial charge >= 0.3 is 6.03 Å². The summed E-state index contributed by atoms with van der Waals surface area (Å²) in [5, 5.41) is 2.92. The lowest BCUT2D eigenvalue weighted by Gasteiger charge is -2.32. The minimum absolute atomic E-state index is 0.0238. The fraction of sp³-hybridized carbons (Fsp3) is 0.875. The van der Waals surface area contributed by atoms with Crippen LogP contribution in [0, 0.1) is 5.92 Å². The van der Waals surface area contributed by atoms with E-state index >= 15 is 0 Å². The maximum absolute atomic E-state index is 12.0. The van der Waals surface area contributed by atoms with Crippen LogP contribution in [-0.2, 0) is 9.53 Å². The highest BCUT2D eigenvalue weighted by Gasteiger charge is 2.27. The van der Waals surface area contributed by atoms with Gasteiger partial charge in [0.05, 0.1) is 0 Å².